The van der Waals surface area contributed by atoms with Gasteiger partial charge in [0.05, 0.1) is 11.9 Å². The molecule has 122 valence electrons. The zero-order chi connectivity index (χ0) is 16.1. The SMILES string of the molecule is Nn1c(SCC(=O)NC[C@@H]2CCCO2)nnc1-c1cccnc1. The maximum Gasteiger partial charge on any atom is 0.230 e. The number of carbonyl (C=O) groups is 1. The van der Waals surface area contributed by atoms with Crippen LogP contribution in [0.1, 0.15) is 12.8 Å². The summed E-state index contributed by atoms with van der Waals surface area (Å²) >= 11 is 1.24. The van der Waals surface area contributed by atoms with Crippen molar-refractivity contribution in [3.05, 3.63) is 24.5 Å². The third-order valence-electron chi connectivity index (χ3n) is 3.47. The fourth-order valence-corrected chi connectivity index (χ4v) is 2.97. The lowest BCUT2D eigenvalue weighted by atomic mass is 10.2. The van der Waals surface area contributed by atoms with Gasteiger partial charge in [0.1, 0.15) is 0 Å². The van der Waals surface area contributed by atoms with Crippen LogP contribution in [0.25, 0.3) is 11.4 Å². The van der Waals surface area contributed by atoms with E-state index in [1.165, 1.54) is 16.4 Å². The summed E-state index contributed by atoms with van der Waals surface area (Å²) in [7, 11) is 0. The molecule has 3 N–H and O–H groups in total. The van der Waals surface area contributed by atoms with Crippen LogP contribution >= 0.6 is 11.8 Å². The fraction of sp³-hybridized carbons (Fsp3) is 0.429. The highest BCUT2D eigenvalue weighted by Gasteiger charge is 2.17. The van der Waals surface area contributed by atoms with Gasteiger partial charge in [-0.05, 0) is 25.0 Å². The number of aromatic nitrogens is 4. The normalized spacial score (nSPS) is 17.3. The minimum atomic E-state index is -0.0728. The molecule has 0 bridgehead atoms. The molecule has 0 spiro atoms. The molecule has 0 aromatic carbocycles. The zero-order valence-corrected chi connectivity index (χ0v) is 13.3. The van der Waals surface area contributed by atoms with E-state index in [0.717, 1.165) is 25.0 Å². The third-order valence-corrected chi connectivity index (χ3v) is 4.41. The van der Waals surface area contributed by atoms with Crippen LogP contribution in [-0.4, -0.2) is 50.8 Å². The Balaban J connectivity index is 1.52. The van der Waals surface area contributed by atoms with Gasteiger partial charge in [0.25, 0.3) is 0 Å². The predicted molar refractivity (Wildman–Crippen MR) is 86.1 cm³/mol. The molecule has 3 rings (SSSR count). The highest BCUT2D eigenvalue weighted by molar-refractivity contribution is 7.99. The van der Waals surface area contributed by atoms with Gasteiger partial charge in [-0.2, -0.15) is 0 Å². The first kappa shape index (κ1) is 15.8. The van der Waals surface area contributed by atoms with Crippen molar-refractivity contribution in [2.75, 3.05) is 24.7 Å². The van der Waals surface area contributed by atoms with Crippen molar-refractivity contribution >= 4 is 17.7 Å². The molecule has 0 radical (unpaired) electrons. The van der Waals surface area contributed by atoms with Gasteiger partial charge in [-0.3, -0.25) is 9.78 Å². The molecule has 2 aromatic heterocycles. The Bertz CT molecular complexity index is 657. The fourth-order valence-electron chi connectivity index (χ4n) is 2.28. The molecule has 9 heteroatoms. The molecule has 3 heterocycles. The molecule has 2 aromatic rings. The summed E-state index contributed by atoms with van der Waals surface area (Å²) in [6.07, 6.45) is 5.53. The number of hydrogen-bond donors (Lipinski definition) is 2. The van der Waals surface area contributed by atoms with E-state index in [2.05, 4.69) is 20.5 Å². The van der Waals surface area contributed by atoms with Crippen LogP contribution in [0.3, 0.4) is 0 Å². The van der Waals surface area contributed by atoms with Gasteiger partial charge in [-0.1, -0.05) is 11.8 Å². The minimum Gasteiger partial charge on any atom is -0.376 e. The number of thioether (sulfide) groups is 1. The van der Waals surface area contributed by atoms with Gasteiger partial charge in [0, 0.05) is 31.1 Å². The molecule has 1 aliphatic heterocycles. The topological polar surface area (TPSA) is 108 Å². The standard InChI is InChI=1S/C14H18N6O2S/c15-20-13(10-3-1-5-16-7-10)18-19-14(20)23-9-12(21)17-8-11-4-2-6-22-11/h1,3,5,7,11H,2,4,6,8-9,15H2,(H,17,21)/t11-/m0/s1. The molecular formula is C14H18N6O2S. The maximum atomic E-state index is 11.9. The molecule has 23 heavy (non-hydrogen) atoms. The van der Waals surface area contributed by atoms with Crippen LogP contribution in [0.4, 0.5) is 0 Å². The Kier molecular flexibility index (Phi) is 5.09. The number of pyridine rings is 1. The zero-order valence-electron chi connectivity index (χ0n) is 12.5. The summed E-state index contributed by atoms with van der Waals surface area (Å²) in [5.74, 6) is 6.66. The highest BCUT2D eigenvalue weighted by Crippen LogP contribution is 2.20. The van der Waals surface area contributed by atoms with E-state index in [1.807, 2.05) is 6.07 Å². The number of carbonyl (C=O) groups excluding carboxylic acids is 1. The second kappa shape index (κ2) is 7.42. The Labute approximate surface area is 137 Å². The molecule has 1 atom stereocenters. The summed E-state index contributed by atoms with van der Waals surface area (Å²) in [5.41, 5.74) is 0.775. The Hall–Kier alpha value is -2.13. The van der Waals surface area contributed by atoms with E-state index < -0.39 is 0 Å². The van der Waals surface area contributed by atoms with Gasteiger partial charge in [0.2, 0.25) is 11.1 Å². The summed E-state index contributed by atoms with van der Waals surface area (Å²) in [4.78, 5) is 15.9. The van der Waals surface area contributed by atoms with Crippen molar-refractivity contribution in [3.8, 4) is 11.4 Å². The monoisotopic (exact) mass is 334 g/mol. The van der Waals surface area contributed by atoms with Gasteiger partial charge in [-0.15, -0.1) is 10.2 Å². The summed E-state index contributed by atoms with van der Waals surface area (Å²) in [6.45, 7) is 1.33. The summed E-state index contributed by atoms with van der Waals surface area (Å²) in [5, 5.41) is 11.4. The second-order valence-corrected chi connectivity index (χ2v) is 6.09. The van der Waals surface area contributed by atoms with E-state index >= 15 is 0 Å². The Morgan fingerprint density at radius 2 is 2.43 bits per heavy atom. The van der Waals surface area contributed by atoms with Gasteiger partial charge in [-0.25, -0.2) is 4.68 Å². The van der Waals surface area contributed by atoms with Crippen molar-refractivity contribution in [3.63, 3.8) is 0 Å². The lowest BCUT2D eigenvalue weighted by Gasteiger charge is -2.10. The average Bonchev–Trinajstić information content (AvgIpc) is 3.22. The number of ether oxygens (including phenoxy) is 1. The van der Waals surface area contributed by atoms with Crippen LogP contribution in [0.5, 0.6) is 0 Å². The largest absolute Gasteiger partial charge is 0.376 e. The number of rotatable bonds is 6. The number of nitrogens with one attached hydrogen (secondary N) is 1. The number of nitrogens with two attached hydrogens (primary N) is 1. The van der Waals surface area contributed by atoms with Gasteiger partial charge < -0.3 is 15.9 Å². The van der Waals surface area contributed by atoms with Crippen molar-refractivity contribution in [2.45, 2.75) is 24.1 Å². The van der Waals surface area contributed by atoms with Crippen LogP contribution in [0.2, 0.25) is 0 Å². The lowest BCUT2D eigenvalue weighted by molar-refractivity contribution is -0.119. The van der Waals surface area contributed by atoms with E-state index in [0.29, 0.717) is 17.5 Å². The van der Waals surface area contributed by atoms with Crippen molar-refractivity contribution in [1.29, 1.82) is 0 Å². The van der Waals surface area contributed by atoms with E-state index in [9.17, 15) is 4.79 Å². The molecule has 1 aliphatic rings. The Morgan fingerprint density at radius 3 is 3.17 bits per heavy atom. The first-order chi connectivity index (χ1) is 11.2. The molecule has 0 aliphatic carbocycles. The van der Waals surface area contributed by atoms with Crippen molar-refractivity contribution in [2.24, 2.45) is 0 Å². The molecular weight excluding hydrogens is 316 g/mol. The van der Waals surface area contributed by atoms with Crippen LogP contribution in [0, 0.1) is 0 Å². The van der Waals surface area contributed by atoms with E-state index in [1.54, 1.807) is 18.5 Å². The summed E-state index contributed by atoms with van der Waals surface area (Å²) < 4.78 is 6.83. The van der Waals surface area contributed by atoms with Crippen molar-refractivity contribution < 1.29 is 9.53 Å². The van der Waals surface area contributed by atoms with Gasteiger partial charge >= 0.3 is 0 Å². The quantitative estimate of drug-likeness (QED) is 0.583. The highest BCUT2D eigenvalue weighted by atomic mass is 32.2. The van der Waals surface area contributed by atoms with Crippen molar-refractivity contribution in [1.82, 2.24) is 25.2 Å². The molecule has 1 amide bonds. The number of nitrogen functional groups attached to an aromatic ring is 1. The smallest absolute Gasteiger partial charge is 0.230 e. The first-order valence-electron chi connectivity index (χ1n) is 7.36. The van der Waals surface area contributed by atoms with Crippen LogP contribution in [-0.2, 0) is 9.53 Å². The summed E-state index contributed by atoms with van der Waals surface area (Å²) in [6, 6.07) is 3.65. The van der Waals surface area contributed by atoms with Gasteiger partial charge in [0.15, 0.2) is 5.82 Å². The minimum absolute atomic E-state index is 0.0728. The number of amides is 1. The first-order valence-corrected chi connectivity index (χ1v) is 8.34. The average molecular weight is 334 g/mol. The molecule has 0 unspecified atom stereocenters. The van der Waals surface area contributed by atoms with E-state index in [-0.39, 0.29) is 17.8 Å². The lowest BCUT2D eigenvalue weighted by Crippen LogP contribution is -2.33. The molecule has 1 fully saturated rings. The second-order valence-electron chi connectivity index (χ2n) is 5.15. The Morgan fingerprint density at radius 1 is 1.52 bits per heavy atom. The maximum absolute atomic E-state index is 11.9. The molecule has 1 saturated heterocycles. The van der Waals surface area contributed by atoms with Crippen LogP contribution in [0.15, 0.2) is 29.7 Å². The van der Waals surface area contributed by atoms with Crippen LogP contribution < -0.4 is 11.2 Å². The number of hydrogen-bond acceptors (Lipinski definition) is 7. The predicted octanol–water partition coefficient (Wildman–Crippen LogP) is 0.441. The number of nitrogens with zero attached hydrogens (tertiary/aromatic N) is 4. The third kappa shape index (κ3) is 3.99. The molecule has 0 saturated carbocycles. The molecule has 8 nitrogen and oxygen atoms in total. The van der Waals surface area contributed by atoms with E-state index in [4.69, 9.17) is 10.6 Å².